The van der Waals surface area contributed by atoms with Crippen molar-refractivity contribution in [2.24, 2.45) is 5.92 Å². The standard InChI is InChI=1S/C12H19NO3S/c1-7(2)10(14)5-4-8-6-9(13)11(17-8)12(15)16-3/h6-7,10,14H,4-5,13H2,1-3H3. The van der Waals surface area contributed by atoms with E-state index in [9.17, 15) is 9.90 Å². The number of aryl methyl sites for hydroxylation is 1. The molecule has 1 aromatic heterocycles. The Bertz CT molecular complexity index is 387. The summed E-state index contributed by atoms with van der Waals surface area (Å²) in [7, 11) is 1.34. The monoisotopic (exact) mass is 257 g/mol. The maximum Gasteiger partial charge on any atom is 0.350 e. The molecule has 1 unspecified atom stereocenters. The fraction of sp³-hybridized carbons (Fsp3) is 0.583. The second-order valence-electron chi connectivity index (χ2n) is 4.34. The van der Waals surface area contributed by atoms with Gasteiger partial charge in [0.1, 0.15) is 4.88 Å². The maximum atomic E-state index is 11.4. The Morgan fingerprint density at radius 2 is 2.24 bits per heavy atom. The number of methoxy groups -OCH3 is 1. The van der Waals surface area contributed by atoms with Gasteiger partial charge in [-0.2, -0.15) is 0 Å². The number of carbonyl (C=O) groups excluding carboxylic acids is 1. The number of hydrogen-bond donors (Lipinski definition) is 2. The van der Waals surface area contributed by atoms with Crippen LogP contribution in [0.5, 0.6) is 0 Å². The van der Waals surface area contributed by atoms with Crippen LogP contribution in [-0.2, 0) is 11.2 Å². The van der Waals surface area contributed by atoms with Crippen molar-refractivity contribution in [2.45, 2.75) is 32.8 Å². The van der Waals surface area contributed by atoms with Crippen LogP contribution in [0.25, 0.3) is 0 Å². The molecule has 1 rings (SSSR count). The summed E-state index contributed by atoms with van der Waals surface area (Å²) in [5.41, 5.74) is 6.19. The Balaban J connectivity index is 2.65. The fourth-order valence-corrected chi connectivity index (χ4v) is 2.47. The predicted molar refractivity (Wildman–Crippen MR) is 69.2 cm³/mol. The van der Waals surface area contributed by atoms with Crippen molar-refractivity contribution in [2.75, 3.05) is 12.8 Å². The average molecular weight is 257 g/mol. The number of hydrogen-bond acceptors (Lipinski definition) is 5. The molecule has 0 aliphatic rings. The molecule has 0 bridgehead atoms. The molecular weight excluding hydrogens is 238 g/mol. The summed E-state index contributed by atoms with van der Waals surface area (Å²) in [5.74, 6) is -0.157. The number of aliphatic hydroxyl groups is 1. The Hall–Kier alpha value is -1.07. The smallest absolute Gasteiger partial charge is 0.350 e. The van der Waals surface area contributed by atoms with Crippen LogP contribution in [0.1, 0.15) is 34.8 Å². The van der Waals surface area contributed by atoms with Crippen LogP contribution in [0.3, 0.4) is 0 Å². The van der Waals surface area contributed by atoms with Gasteiger partial charge < -0.3 is 15.6 Å². The van der Waals surface area contributed by atoms with Crippen molar-refractivity contribution >= 4 is 23.0 Å². The summed E-state index contributed by atoms with van der Waals surface area (Å²) >= 11 is 1.34. The summed E-state index contributed by atoms with van der Waals surface area (Å²) in [5, 5.41) is 9.70. The van der Waals surface area contributed by atoms with E-state index in [1.54, 1.807) is 6.07 Å². The highest BCUT2D eigenvalue weighted by Crippen LogP contribution is 2.27. The first-order valence-corrected chi connectivity index (χ1v) is 6.42. The van der Waals surface area contributed by atoms with E-state index in [1.165, 1.54) is 18.4 Å². The normalized spacial score (nSPS) is 12.8. The van der Waals surface area contributed by atoms with E-state index in [0.717, 1.165) is 11.3 Å². The predicted octanol–water partition coefficient (Wildman–Crippen LogP) is 2.07. The minimum atomic E-state index is -0.400. The molecule has 0 aliphatic heterocycles. The van der Waals surface area contributed by atoms with Crippen LogP contribution in [0.4, 0.5) is 5.69 Å². The zero-order chi connectivity index (χ0) is 13.0. The summed E-state index contributed by atoms with van der Waals surface area (Å²) in [6.45, 7) is 3.96. The third-order valence-corrected chi connectivity index (χ3v) is 3.83. The number of rotatable bonds is 5. The highest BCUT2D eigenvalue weighted by atomic mass is 32.1. The highest BCUT2D eigenvalue weighted by Gasteiger charge is 2.16. The Kier molecular flexibility index (Phi) is 4.96. The lowest BCUT2D eigenvalue weighted by Gasteiger charge is -2.12. The Morgan fingerprint density at radius 3 is 2.76 bits per heavy atom. The molecule has 3 N–H and O–H groups in total. The Labute approximate surface area is 105 Å². The van der Waals surface area contributed by atoms with E-state index in [1.807, 2.05) is 13.8 Å². The summed E-state index contributed by atoms with van der Waals surface area (Å²) < 4.78 is 4.64. The van der Waals surface area contributed by atoms with E-state index in [-0.39, 0.29) is 12.0 Å². The summed E-state index contributed by atoms with van der Waals surface area (Å²) in [4.78, 5) is 12.8. The Morgan fingerprint density at radius 1 is 1.59 bits per heavy atom. The molecule has 0 aliphatic carbocycles. The third kappa shape index (κ3) is 3.71. The van der Waals surface area contributed by atoms with Gasteiger partial charge in [-0.15, -0.1) is 11.3 Å². The second-order valence-corrected chi connectivity index (χ2v) is 5.48. The van der Waals surface area contributed by atoms with Crippen molar-refractivity contribution in [1.29, 1.82) is 0 Å². The van der Waals surface area contributed by atoms with Crippen molar-refractivity contribution in [3.63, 3.8) is 0 Å². The molecule has 1 heterocycles. The van der Waals surface area contributed by atoms with Crippen molar-refractivity contribution < 1.29 is 14.6 Å². The summed E-state index contributed by atoms with van der Waals surface area (Å²) in [6, 6.07) is 1.78. The first-order chi connectivity index (χ1) is 7.95. The number of anilines is 1. The van der Waals surface area contributed by atoms with Gasteiger partial charge in [-0.3, -0.25) is 0 Å². The van der Waals surface area contributed by atoms with Crippen LogP contribution in [0.15, 0.2) is 6.07 Å². The van der Waals surface area contributed by atoms with Gasteiger partial charge >= 0.3 is 5.97 Å². The van der Waals surface area contributed by atoms with Gasteiger partial charge in [-0.05, 0) is 24.8 Å². The van der Waals surface area contributed by atoms with Gasteiger partial charge in [0, 0.05) is 4.88 Å². The number of esters is 1. The molecule has 0 fully saturated rings. The number of nitrogens with two attached hydrogens (primary N) is 1. The maximum absolute atomic E-state index is 11.4. The first-order valence-electron chi connectivity index (χ1n) is 5.60. The van der Waals surface area contributed by atoms with Crippen LogP contribution < -0.4 is 5.73 Å². The molecule has 5 heteroatoms. The highest BCUT2D eigenvalue weighted by molar-refractivity contribution is 7.14. The molecule has 96 valence electrons. The van der Waals surface area contributed by atoms with Gasteiger partial charge in [0.25, 0.3) is 0 Å². The van der Waals surface area contributed by atoms with Crippen LogP contribution >= 0.6 is 11.3 Å². The first kappa shape index (κ1) is 14.0. The molecular formula is C12H19NO3S. The number of carbonyl (C=O) groups is 1. The molecule has 0 spiro atoms. The van der Waals surface area contributed by atoms with Gasteiger partial charge in [0.15, 0.2) is 0 Å². The van der Waals surface area contributed by atoms with Crippen molar-refractivity contribution in [1.82, 2.24) is 0 Å². The zero-order valence-electron chi connectivity index (χ0n) is 10.4. The number of nitrogen functional groups attached to an aromatic ring is 1. The van der Waals surface area contributed by atoms with Crippen molar-refractivity contribution in [3.8, 4) is 0 Å². The largest absolute Gasteiger partial charge is 0.465 e. The molecule has 4 nitrogen and oxygen atoms in total. The zero-order valence-corrected chi connectivity index (χ0v) is 11.2. The molecule has 0 saturated carbocycles. The second kappa shape index (κ2) is 6.02. The minimum absolute atomic E-state index is 0.243. The van der Waals surface area contributed by atoms with E-state index < -0.39 is 5.97 Å². The quantitative estimate of drug-likeness (QED) is 0.792. The molecule has 0 aromatic carbocycles. The van der Waals surface area contributed by atoms with E-state index in [2.05, 4.69) is 4.74 Å². The van der Waals surface area contributed by atoms with E-state index in [0.29, 0.717) is 17.0 Å². The number of ether oxygens (including phenoxy) is 1. The van der Waals surface area contributed by atoms with Gasteiger partial charge in [-0.1, -0.05) is 13.8 Å². The number of thiophene rings is 1. The minimum Gasteiger partial charge on any atom is -0.465 e. The third-order valence-electron chi connectivity index (χ3n) is 2.64. The SMILES string of the molecule is COC(=O)c1sc(CCC(O)C(C)C)cc1N. The molecule has 0 saturated heterocycles. The van der Waals surface area contributed by atoms with Crippen LogP contribution in [0, 0.1) is 5.92 Å². The number of aliphatic hydroxyl groups excluding tert-OH is 1. The van der Waals surface area contributed by atoms with Crippen molar-refractivity contribution in [3.05, 3.63) is 15.8 Å². The molecule has 0 radical (unpaired) electrons. The molecule has 0 amide bonds. The topological polar surface area (TPSA) is 72.5 Å². The molecule has 1 aromatic rings. The lowest BCUT2D eigenvalue weighted by molar-refractivity contribution is 0.0607. The van der Waals surface area contributed by atoms with Gasteiger partial charge in [0.05, 0.1) is 18.9 Å². The molecule has 1 atom stereocenters. The fourth-order valence-electron chi connectivity index (χ4n) is 1.46. The van der Waals surface area contributed by atoms with Crippen LogP contribution in [-0.4, -0.2) is 24.3 Å². The average Bonchev–Trinajstić information content (AvgIpc) is 2.66. The van der Waals surface area contributed by atoms with E-state index in [4.69, 9.17) is 5.73 Å². The van der Waals surface area contributed by atoms with Gasteiger partial charge in [-0.25, -0.2) is 4.79 Å². The van der Waals surface area contributed by atoms with Crippen LogP contribution in [0.2, 0.25) is 0 Å². The molecule has 17 heavy (non-hydrogen) atoms. The summed E-state index contributed by atoms with van der Waals surface area (Å²) in [6.07, 6.45) is 1.09. The lowest BCUT2D eigenvalue weighted by Crippen LogP contribution is -2.14. The lowest BCUT2D eigenvalue weighted by atomic mass is 10.0. The van der Waals surface area contributed by atoms with Gasteiger partial charge in [0.2, 0.25) is 0 Å². The van der Waals surface area contributed by atoms with E-state index >= 15 is 0 Å².